The van der Waals surface area contributed by atoms with Crippen molar-refractivity contribution in [3.63, 3.8) is 0 Å². The summed E-state index contributed by atoms with van der Waals surface area (Å²) in [6.07, 6.45) is -0.352. The molecule has 0 unspecified atom stereocenters. The van der Waals surface area contributed by atoms with Crippen LogP contribution in [0.25, 0.3) is 0 Å². The molecule has 108 valence electrons. The number of carbonyl (C=O) groups excluding carboxylic acids is 1. The van der Waals surface area contributed by atoms with Crippen molar-refractivity contribution >= 4 is 5.97 Å². The molecule has 4 heteroatoms. The van der Waals surface area contributed by atoms with E-state index < -0.39 is 12.1 Å². The number of aryl methyl sites for hydroxylation is 3. The van der Waals surface area contributed by atoms with Gasteiger partial charge >= 0.3 is 5.97 Å². The average Bonchev–Trinajstić information content (AvgIpc) is 2.31. The van der Waals surface area contributed by atoms with Crippen molar-refractivity contribution in [2.24, 2.45) is 0 Å². The number of hydrogen-bond acceptors (Lipinski definition) is 4. The minimum atomic E-state index is -0.497. The van der Waals surface area contributed by atoms with Gasteiger partial charge in [0.05, 0.1) is 25.7 Å². The third kappa shape index (κ3) is 5.02. The Morgan fingerprint density at radius 2 is 1.90 bits per heavy atom. The molecule has 0 saturated heterocycles. The van der Waals surface area contributed by atoms with Gasteiger partial charge < -0.3 is 9.47 Å². The molecule has 0 saturated carbocycles. The van der Waals surface area contributed by atoms with Crippen LogP contribution in [0.15, 0.2) is 12.1 Å². The number of benzene rings is 1. The lowest BCUT2D eigenvalue weighted by molar-refractivity contribution is -0.149. The molecule has 0 aliphatic heterocycles. The van der Waals surface area contributed by atoms with Crippen LogP contribution in [0.1, 0.15) is 35.6 Å². The van der Waals surface area contributed by atoms with Gasteiger partial charge in [-0.15, -0.1) is 0 Å². The fourth-order valence-electron chi connectivity index (χ4n) is 2.20. The molecule has 0 radical (unpaired) electrons. The Morgan fingerprint density at radius 1 is 1.30 bits per heavy atom. The van der Waals surface area contributed by atoms with Gasteiger partial charge in [-0.2, -0.15) is 5.26 Å². The largest absolute Gasteiger partial charge is 0.459 e. The van der Waals surface area contributed by atoms with Crippen molar-refractivity contribution in [2.45, 2.75) is 46.8 Å². The summed E-state index contributed by atoms with van der Waals surface area (Å²) in [5.41, 5.74) is 4.75. The van der Waals surface area contributed by atoms with Crippen molar-refractivity contribution in [1.29, 1.82) is 5.26 Å². The number of nitrogens with zero attached hydrogens (tertiary/aromatic N) is 1. The smallest absolute Gasteiger partial charge is 0.303 e. The van der Waals surface area contributed by atoms with Gasteiger partial charge in [0.25, 0.3) is 0 Å². The quantitative estimate of drug-likeness (QED) is 0.749. The first-order chi connectivity index (χ1) is 9.43. The summed E-state index contributed by atoms with van der Waals surface area (Å²) >= 11 is 0. The normalized spacial score (nSPS) is 11.8. The molecule has 0 spiro atoms. The van der Waals surface area contributed by atoms with Crippen LogP contribution in [0.4, 0.5) is 0 Å². The number of hydrogen-bond donors (Lipinski definition) is 0. The lowest BCUT2D eigenvalue weighted by Gasteiger charge is -2.16. The molecule has 0 amide bonds. The van der Waals surface area contributed by atoms with Gasteiger partial charge in [0.1, 0.15) is 6.10 Å². The number of rotatable bonds is 6. The zero-order valence-corrected chi connectivity index (χ0v) is 12.5. The number of nitriles is 1. The summed E-state index contributed by atoms with van der Waals surface area (Å²) in [7, 11) is 0. The highest BCUT2D eigenvalue weighted by atomic mass is 16.6. The molecule has 1 rings (SSSR count). The molecule has 0 aliphatic rings. The summed E-state index contributed by atoms with van der Waals surface area (Å²) < 4.78 is 10.6. The second-order valence-electron chi connectivity index (χ2n) is 4.99. The molecule has 0 fully saturated rings. The predicted molar refractivity (Wildman–Crippen MR) is 76.1 cm³/mol. The third-order valence-electron chi connectivity index (χ3n) is 3.04. The van der Waals surface area contributed by atoms with E-state index in [1.807, 2.05) is 6.07 Å². The number of ether oxygens (including phenoxy) is 2. The Bertz CT molecular complexity index is 494. The fourth-order valence-corrected chi connectivity index (χ4v) is 2.20. The zero-order valence-electron chi connectivity index (χ0n) is 12.5. The van der Waals surface area contributed by atoms with Gasteiger partial charge in [0.2, 0.25) is 0 Å². The maximum atomic E-state index is 10.9. The van der Waals surface area contributed by atoms with Crippen molar-refractivity contribution in [1.82, 2.24) is 0 Å². The monoisotopic (exact) mass is 275 g/mol. The molecule has 1 atom stereocenters. The van der Waals surface area contributed by atoms with Gasteiger partial charge in [-0.1, -0.05) is 17.7 Å². The standard InChI is InChI=1S/C16H21NO3/c1-11-7-12(2)16(13(3)8-11)10-19-9-15(5-6-17)20-14(4)18/h7-8,15H,5,9-10H2,1-4H3/t15-/m1/s1. The van der Waals surface area contributed by atoms with E-state index >= 15 is 0 Å². The highest BCUT2D eigenvalue weighted by molar-refractivity contribution is 5.66. The summed E-state index contributed by atoms with van der Waals surface area (Å²) in [6, 6.07) is 6.23. The highest BCUT2D eigenvalue weighted by Crippen LogP contribution is 2.17. The van der Waals surface area contributed by atoms with E-state index in [0.29, 0.717) is 6.61 Å². The van der Waals surface area contributed by atoms with Crippen LogP contribution in [0.5, 0.6) is 0 Å². The molecular weight excluding hydrogens is 254 g/mol. The topological polar surface area (TPSA) is 59.3 Å². The molecule has 0 bridgehead atoms. The lowest BCUT2D eigenvalue weighted by Crippen LogP contribution is -2.22. The third-order valence-corrected chi connectivity index (χ3v) is 3.04. The predicted octanol–water partition coefficient (Wildman–Crippen LogP) is 2.97. The van der Waals surface area contributed by atoms with Crippen LogP contribution >= 0.6 is 0 Å². The molecule has 0 aromatic heterocycles. The number of esters is 1. The molecule has 20 heavy (non-hydrogen) atoms. The number of carbonyl (C=O) groups is 1. The van der Waals surface area contributed by atoms with Crippen LogP contribution < -0.4 is 0 Å². The minimum absolute atomic E-state index is 0.144. The van der Waals surface area contributed by atoms with Crippen LogP contribution in [0.2, 0.25) is 0 Å². The highest BCUT2D eigenvalue weighted by Gasteiger charge is 2.13. The van der Waals surface area contributed by atoms with E-state index in [2.05, 4.69) is 32.9 Å². The summed E-state index contributed by atoms with van der Waals surface area (Å²) in [6.45, 7) is 8.20. The Hall–Kier alpha value is -1.86. The van der Waals surface area contributed by atoms with E-state index in [1.165, 1.54) is 23.6 Å². The van der Waals surface area contributed by atoms with Crippen molar-refractivity contribution in [3.05, 3.63) is 34.4 Å². The van der Waals surface area contributed by atoms with Gasteiger partial charge in [0.15, 0.2) is 0 Å². The maximum Gasteiger partial charge on any atom is 0.303 e. The second kappa shape index (κ2) is 7.66. The molecule has 4 nitrogen and oxygen atoms in total. The first-order valence-corrected chi connectivity index (χ1v) is 6.62. The Labute approximate surface area is 120 Å². The van der Waals surface area contributed by atoms with Crippen molar-refractivity contribution < 1.29 is 14.3 Å². The average molecular weight is 275 g/mol. The van der Waals surface area contributed by atoms with Crippen molar-refractivity contribution in [3.8, 4) is 6.07 Å². The molecule has 0 heterocycles. The van der Waals surface area contributed by atoms with E-state index in [1.54, 1.807) is 0 Å². The summed E-state index contributed by atoms with van der Waals surface area (Å²) in [5, 5.41) is 8.69. The molecule has 1 aromatic carbocycles. The van der Waals surface area contributed by atoms with Crippen LogP contribution in [-0.4, -0.2) is 18.7 Å². The Balaban J connectivity index is 2.59. The van der Waals surface area contributed by atoms with E-state index in [0.717, 1.165) is 5.56 Å². The van der Waals surface area contributed by atoms with Gasteiger partial charge in [-0.3, -0.25) is 4.79 Å². The SMILES string of the molecule is CC(=O)O[C@H](CC#N)COCc1c(C)cc(C)cc1C. The summed E-state index contributed by atoms with van der Waals surface area (Å²) in [4.78, 5) is 10.9. The van der Waals surface area contributed by atoms with Gasteiger partial charge in [-0.25, -0.2) is 0 Å². The first kappa shape index (κ1) is 16.2. The Kier molecular flexibility index (Phi) is 6.20. The Morgan fingerprint density at radius 3 is 2.40 bits per heavy atom. The van der Waals surface area contributed by atoms with E-state index in [-0.39, 0.29) is 13.0 Å². The van der Waals surface area contributed by atoms with Crippen LogP contribution in [-0.2, 0) is 20.9 Å². The molecule has 1 aromatic rings. The summed E-state index contributed by atoms with van der Waals surface area (Å²) in [5.74, 6) is -0.392. The van der Waals surface area contributed by atoms with Gasteiger partial charge in [0, 0.05) is 6.92 Å². The lowest BCUT2D eigenvalue weighted by atomic mass is 10.0. The second-order valence-corrected chi connectivity index (χ2v) is 4.99. The van der Waals surface area contributed by atoms with E-state index in [4.69, 9.17) is 14.7 Å². The molecule has 0 N–H and O–H groups in total. The van der Waals surface area contributed by atoms with Gasteiger partial charge in [-0.05, 0) is 37.5 Å². The van der Waals surface area contributed by atoms with Crippen molar-refractivity contribution in [2.75, 3.05) is 6.61 Å². The van der Waals surface area contributed by atoms with E-state index in [9.17, 15) is 4.79 Å². The maximum absolute atomic E-state index is 10.9. The minimum Gasteiger partial charge on any atom is -0.459 e. The van der Waals surface area contributed by atoms with Crippen LogP contribution in [0, 0.1) is 32.1 Å². The first-order valence-electron chi connectivity index (χ1n) is 6.62. The zero-order chi connectivity index (χ0) is 15.1. The van der Waals surface area contributed by atoms with Crippen LogP contribution in [0.3, 0.4) is 0 Å². The fraction of sp³-hybridized carbons (Fsp3) is 0.500. The molecule has 0 aliphatic carbocycles. The molecular formula is C16H21NO3.